The van der Waals surface area contributed by atoms with Crippen molar-refractivity contribution in [3.63, 3.8) is 0 Å². The highest BCUT2D eigenvalue weighted by Gasteiger charge is 2.17. The zero-order chi connectivity index (χ0) is 12.1. The fourth-order valence-electron chi connectivity index (χ4n) is 1.69. The van der Waals surface area contributed by atoms with E-state index in [2.05, 4.69) is 6.92 Å². The summed E-state index contributed by atoms with van der Waals surface area (Å²) in [6, 6.07) is 6.66. The molecule has 0 spiro atoms. The summed E-state index contributed by atoms with van der Waals surface area (Å²) in [5.74, 6) is 0.377. The number of rotatable bonds is 4. The molecule has 0 aliphatic heterocycles. The van der Waals surface area contributed by atoms with E-state index < -0.39 is 0 Å². The van der Waals surface area contributed by atoms with E-state index in [4.69, 9.17) is 5.11 Å². The molecule has 0 heterocycles. The number of phenolic OH excluding ortho intramolecular Hbond substituents is 1. The summed E-state index contributed by atoms with van der Waals surface area (Å²) in [5, 5.41) is 9.17. The van der Waals surface area contributed by atoms with E-state index in [9.17, 15) is 4.79 Å². The summed E-state index contributed by atoms with van der Waals surface area (Å²) in [6.07, 6.45) is 1.91. The molecule has 16 heavy (non-hydrogen) atoms. The molecule has 3 heteroatoms. The van der Waals surface area contributed by atoms with Crippen molar-refractivity contribution in [2.24, 2.45) is 5.92 Å². The van der Waals surface area contributed by atoms with Gasteiger partial charge in [0.2, 0.25) is 5.91 Å². The lowest BCUT2D eigenvalue weighted by Gasteiger charge is -2.21. The van der Waals surface area contributed by atoms with Gasteiger partial charge in [0.1, 0.15) is 5.75 Å². The maximum absolute atomic E-state index is 12.0. The molecular weight excluding hydrogens is 202 g/mol. The molecule has 0 radical (unpaired) electrons. The summed E-state index contributed by atoms with van der Waals surface area (Å²) >= 11 is 0. The number of hydrogen-bond acceptors (Lipinski definition) is 2. The van der Waals surface area contributed by atoms with Crippen molar-refractivity contribution in [3.8, 4) is 5.75 Å². The molecule has 0 fully saturated rings. The Hall–Kier alpha value is -1.51. The molecule has 1 aromatic carbocycles. The van der Waals surface area contributed by atoms with E-state index in [1.165, 1.54) is 0 Å². The maximum atomic E-state index is 12.0. The predicted molar refractivity (Wildman–Crippen MR) is 65.6 cm³/mol. The van der Waals surface area contributed by atoms with Gasteiger partial charge in [0.25, 0.3) is 0 Å². The summed E-state index contributed by atoms with van der Waals surface area (Å²) in [4.78, 5) is 13.6. The van der Waals surface area contributed by atoms with Crippen LogP contribution in [0.2, 0.25) is 0 Å². The number of aromatic hydroxyl groups is 1. The van der Waals surface area contributed by atoms with E-state index in [0.717, 1.165) is 18.5 Å². The summed E-state index contributed by atoms with van der Waals surface area (Å²) in [6.45, 7) is 4.02. The first-order valence-electron chi connectivity index (χ1n) is 5.62. The van der Waals surface area contributed by atoms with Crippen molar-refractivity contribution < 1.29 is 9.90 Å². The lowest BCUT2D eigenvalue weighted by Crippen LogP contribution is -2.31. The quantitative estimate of drug-likeness (QED) is 0.849. The first kappa shape index (κ1) is 12.6. The van der Waals surface area contributed by atoms with Crippen molar-refractivity contribution in [3.05, 3.63) is 24.3 Å². The van der Waals surface area contributed by atoms with Crippen LogP contribution in [0.1, 0.15) is 26.7 Å². The molecule has 1 rings (SSSR count). The highest BCUT2D eigenvalue weighted by Crippen LogP contribution is 2.19. The smallest absolute Gasteiger partial charge is 0.229 e. The second kappa shape index (κ2) is 5.54. The van der Waals surface area contributed by atoms with Gasteiger partial charge in [0, 0.05) is 18.7 Å². The molecule has 1 aromatic rings. The number of nitrogens with zero attached hydrogens (tertiary/aromatic N) is 1. The number of phenols is 1. The van der Waals surface area contributed by atoms with E-state index >= 15 is 0 Å². The standard InChI is InChI=1S/C13H19NO2/c1-4-5-10(2)13(16)14(3)11-6-8-12(15)9-7-11/h6-10,15H,4-5H2,1-3H3. The minimum atomic E-state index is 0.0452. The lowest BCUT2D eigenvalue weighted by molar-refractivity contribution is -0.121. The maximum Gasteiger partial charge on any atom is 0.229 e. The molecule has 88 valence electrons. The molecule has 1 amide bonds. The van der Waals surface area contributed by atoms with Gasteiger partial charge in [0.05, 0.1) is 0 Å². The van der Waals surface area contributed by atoms with E-state index in [1.54, 1.807) is 36.2 Å². The van der Waals surface area contributed by atoms with Gasteiger partial charge >= 0.3 is 0 Å². The van der Waals surface area contributed by atoms with E-state index in [1.807, 2.05) is 6.92 Å². The molecule has 0 aromatic heterocycles. The molecule has 0 aliphatic carbocycles. The van der Waals surface area contributed by atoms with Gasteiger partial charge in [-0.2, -0.15) is 0 Å². The predicted octanol–water partition coefficient (Wildman–Crippen LogP) is 2.79. The molecule has 3 nitrogen and oxygen atoms in total. The fourth-order valence-corrected chi connectivity index (χ4v) is 1.69. The highest BCUT2D eigenvalue weighted by molar-refractivity contribution is 5.94. The van der Waals surface area contributed by atoms with Crippen LogP contribution in [0.4, 0.5) is 5.69 Å². The Morgan fingerprint density at radius 3 is 2.44 bits per heavy atom. The molecule has 1 atom stereocenters. The molecule has 0 bridgehead atoms. The second-order valence-electron chi connectivity index (χ2n) is 4.10. The monoisotopic (exact) mass is 221 g/mol. The van der Waals surface area contributed by atoms with Gasteiger partial charge in [-0.3, -0.25) is 4.79 Å². The Morgan fingerprint density at radius 2 is 1.94 bits per heavy atom. The van der Waals surface area contributed by atoms with Gasteiger partial charge in [-0.15, -0.1) is 0 Å². The lowest BCUT2D eigenvalue weighted by atomic mass is 10.0. The minimum Gasteiger partial charge on any atom is -0.508 e. The Balaban J connectivity index is 2.73. The Morgan fingerprint density at radius 1 is 1.38 bits per heavy atom. The Kier molecular flexibility index (Phi) is 4.35. The van der Waals surface area contributed by atoms with Crippen LogP contribution in [-0.2, 0) is 4.79 Å². The summed E-state index contributed by atoms with van der Waals surface area (Å²) < 4.78 is 0. The molecule has 1 unspecified atom stereocenters. The van der Waals surface area contributed by atoms with Gasteiger partial charge in [0.15, 0.2) is 0 Å². The van der Waals surface area contributed by atoms with Crippen molar-refractivity contribution in [2.45, 2.75) is 26.7 Å². The molecular formula is C13H19NO2. The highest BCUT2D eigenvalue weighted by atomic mass is 16.3. The Bertz CT molecular complexity index is 345. The number of carbonyl (C=O) groups is 1. The third-order valence-electron chi connectivity index (χ3n) is 2.71. The van der Waals surface area contributed by atoms with Gasteiger partial charge < -0.3 is 10.0 Å². The van der Waals surface area contributed by atoms with E-state index in [-0.39, 0.29) is 17.6 Å². The minimum absolute atomic E-state index is 0.0452. The van der Waals surface area contributed by atoms with Crippen LogP contribution in [-0.4, -0.2) is 18.1 Å². The van der Waals surface area contributed by atoms with Crippen LogP contribution in [0.3, 0.4) is 0 Å². The average Bonchev–Trinajstić information content (AvgIpc) is 2.28. The van der Waals surface area contributed by atoms with Crippen molar-refractivity contribution in [2.75, 3.05) is 11.9 Å². The van der Waals surface area contributed by atoms with Gasteiger partial charge in [-0.1, -0.05) is 20.3 Å². The molecule has 0 saturated heterocycles. The number of anilines is 1. The zero-order valence-corrected chi connectivity index (χ0v) is 10.1. The Labute approximate surface area is 96.7 Å². The number of hydrogen-bond donors (Lipinski definition) is 1. The summed E-state index contributed by atoms with van der Waals surface area (Å²) in [7, 11) is 1.76. The topological polar surface area (TPSA) is 40.5 Å². The summed E-state index contributed by atoms with van der Waals surface area (Å²) in [5.41, 5.74) is 0.811. The van der Waals surface area contributed by atoms with Crippen molar-refractivity contribution in [1.29, 1.82) is 0 Å². The largest absolute Gasteiger partial charge is 0.508 e. The van der Waals surface area contributed by atoms with Crippen LogP contribution in [0.15, 0.2) is 24.3 Å². The SMILES string of the molecule is CCCC(C)C(=O)N(C)c1ccc(O)cc1. The fraction of sp³-hybridized carbons (Fsp3) is 0.462. The van der Waals surface area contributed by atoms with Crippen molar-refractivity contribution >= 4 is 11.6 Å². The van der Waals surface area contributed by atoms with Crippen LogP contribution in [0, 0.1) is 5.92 Å². The number of benzene rings is 1. The van der Waals surface area contributed by atoms with Crippen LogP contribution >= 0.6 is 0 Å². The third-order valence-corrected chi connectivity index (χ3v) is 2.71. The second-order valence-corrected chi connectivity index (χ2v) is 4.10. The zero-order valence-electron chi connectivity index (χ0n) is 10.1. The van der Waals surface area contributed by atoms with Gasteiger partial charge in [-0.05, 0) is 30.7 Å². The molecule has 1 N–H and O–H groups in total. The van der Waals surface area contributed by atoms with Gasteiger partial charge in [-0.25, -0.2) is 0 Å². The number of carbonyl (C=O) groups excluding carboxylic acids is 1. The average molecular weight is 221 g/mol. The molecule has 0 aliphatic rings. The van der Waals surface area contributed by atoms with Crippen LogP contribution in [0.5, 0.6) is 5.75 Å². The normalized spacial score (nSPS) is 12.2. The van der Waals surface area contributed by atoms with Crippen LogP contribution < -0.4 is 4.90 Å². The third kappa shape index (κ3) is 2.99. The first-order chi connectivity index (χ1) is 7.56. The van der Waals surface area contributed by atoms with Crippen molar-refractivity contribution in [1.82, 2.24) is 0 Å². The molecule has 0 saturated carbocycles. The van der Waals surface area contributed by atoms with Crippen LogP contribution in [0.25, 0.3) is 0 Å². The number of amides is 1. The first-order valence-corrected chi connectivity index (χ1v) is 5.62. The van der Waals surface area contributed by atoms with E-state index in [0.29, 0.717) is 0 Å².